The van der Waals surface area contributed by atoms with Crippen LogP contribution in [0.5, 0.6) is 0 Å². The highest BCUT2D eigenvalue weighted by molar-refractivity contribution is 6.12. The summed E-state index contributed by atoms with van der Waals surface area (Å²) in [6.07, 6.45) is 7.17. The van der Waals surface area contributed by atoms with Gasteiger partial charge in [0.2, 0.25) is 5.55 Å². The van der Waals surface area contributed by atoms with E-state index in [4.69, 9.17) is 10.2 Å². The summed E-state index contributed by atoms with van der Waals surface area (Å²) in [5, 5.41) is 8.92. The van der Waals surface area contributed by atoms with Gasteiger partial charge in [-0.3, -0.25) is 0 Å². The second-order valence-corrected chi connectivity index (χ2v) is 7.55. The van der Waals surface area contributed by atoms with Crippen LogP contribution in [0, 0.1) is 27.7 Å². The summed E-state index contributed by atoms with van der Waals surface area (Å²) in [7, 11) is 1.89. The van der Waals surface area contributed by atoms with E-state index in [9.17, 15) is 0 Å². The van der Waals surface area contributed by atoms with Gasteiger partial charge in [-0.05, 0) is 52.0 Å². The van der Waals surface area contributed by atoms with Gasteiger partial charge in [0, 0.05) is 30.7 Å². The Kier molecular flexibility index (Phi) is 5.35. The van der Waals surface area contributed by atoms with E-state index >= 15 is 0 Å². The van der Waals surface area contributed by atoms with Crippen molar-refractivity contribution in [1.82, 2.24) is 24.5 Å². The molecule has 0 saturated carbocycles. The Labute approximate surface area is 185 Å². The number of hydrogen-bond acceptors (Lipinski definition) is 6. The number of hydrogen-bond donors (Lipinski definition) is 1. The summed E-state index contributed by atoms with van der Waals surface area (Å²) in [6.45, 7) is 11.7. The SMILES string of the molecule is C=C(N=C(N=C(N)/C=c1/nc2c(o1)=CC=CN2C)n1nc(C)cc1C)n1nc(C)cc1C. The van der Waals surface area contributed by atoms with Crippen molar-refractivity contribution in [2.75, 3.05) is 11.9 Å². The monoisotopic (exact) mass is 431 g/mol. The molecule has 1 aliphatic heterocycles. The van der Waals surface area contributed by atoms with Crippen molar-refractivity contribution < 1.29 is 4.42 Å². The van der Waals surface area contributed by atoms with Crippen molar-refractivity contribution in [3.05, 3.63) is 64.7 Å². The molecule has 10 heteroatoms. The van der Waals surface area contributed by atoms with Crippen LogP contribution >= 0.6 is 0 Å². The summed E-state index contributed by atoms with van der Waals surface area (Å²) < 4.78 is 9.02. The molecule has 0 aliphatic carbocycles. The topological polar surface area (TPSA) is 116 Å². The number of anilines is 1. The number of aryl methyl sites for hydroxylation is 4. The molecule has 0 aromatic carbocycles. The van der Waals surface area contributed by atoms with Crippen LogP contribution < -0.4 is 21.6 Å². The largest absolute Gasteiger partial charge is 0.435 e. The van der Waals surface area contributed by atoms with Gasteiger partial charge in [0.05, 0.1) is 11.4 Å². The number of rotatable bonds is 3. The van der Waals surface area contributed by atoms with Crippen LogP contribution in [0.25, 0.3) is 18.0 Å². The van der Waals surface area contributed by atoms with Gasteiger partial charge in [-0.2, -0.15) is 25.2 Å². The number of oxazole rings is 1. The fraction of sp³-hybridized carbons (Fsp3) is 0.227. The Hall–Kier alpha value is -4.21. The van der Waals surface area contributed by atoms with Crippen molar-refractivity contribution in [2.24, 2.45) is 15.7 Å². The molecule has 0 fully saturated rings. The van der Waals surface area contributed by atoms with Crippen molar-refractivity contribution in [1.29, 1.82) is 0 Å². The van der Waals surface area contributed by atoms with Gasteiger partial charge in [-0.1, -0.05) is 6.58 Å². The zero-order valence-electron chi connectivity index (χ0n) is 18.7. The van der Waals surface area contributed by atoms with Gasteiger partial charge in [0.25, 0.3) is 5.96 Å². The van der Waals surface area contributed by atoms with E-state index in [1.165, 1.54) is 0 Å². The molecule has 0 amide bonds. The molecular formula is C22H25N9O. The molecule has 2 N–H and O–H groups in total. The Bertz CT molecular complexity index is 1410. The first-order chi connectivity index (χ1) is 15.2. The van der Waals surface area contributed by atoms with Gasteiger partial charge in [-0.25, -0.2) is 9.36 Å². The number of aromatic nitrogens is 5. The lowest BCUT2D eigenvalue weighted by molar-refractivity contribution is 0.492. The van der Waals surface area contributed by atoms with Crippen LogP contribution in [0.1, 0.15) is 22.8 Å². The molecule has 10 nitrogen and oxygen atoms in total. The van der Waals surface area contributed by atoms with Crippen LogP contribution in [0.2, 0.25) is 0 Å². The average Bonchev–Trinajstić information content (AvgIpc) is 3.37. The molecule has 0 spiro atoms. The van der Waals surface area contributed by atoms with E-state index in [-0.39, 0.29) is 11.8 Å². The third-order valence-electron chi connectivity index (χ3n) is 4.73. The van der Waals surface area contributed by atoms with Crippen LogP contribution in [0.15, 0.2) is 45.4 Å². The van der Waals surface area contributed by atoms with E-state index in [2.05, 4.69) is 31.7 Å². The first-order valence-corrected chi connectivity index (χ1v) is 10.0. The van der Waals surface area contributed by atoms with E-state index in [0.29, 0.717) is 22.6 Å². The minimum Gasteiger partial charge on any atom is -0.435 e. The Morgan fingerprint density at radius 2 is 1.72 bits per heavy atom. The Balaban J connectivity index is 1.77. The fourth-order valence-corrected chi connectivity index (χ4v) is 3.37. The second-order valence-electron chi connectivity index (χ2n) is 7.55. The van der Waals surface area contributed by atoms with E-state index in [1.807, 2.05) is 70.1 Å². The molecule has 0 bridgehead atoms. The summed E-state index contributed by atoms with van der Waals surface area (Å²) in [5.41, 5.74) is 10.7. The summed E-state index contributed by atoms with van der Waals surface area (Å²) in [5.74, 6) is 1.51. The van der Waals surface area contributed by atoms with Gasteiger partial charge in [0.1, 0.15) is 5.84 Å². The lowest BCUT2D eigenvalue weighted by Crippen LogP contribution is -2.21. The van der Waals surface area contributed by atoms with E-state index in [0.717, 1.165) is 22.8 Å². The third-order valence-corrected chi connectivity index (χ3v) is 4.73. The van der Waals surface area contributed by atoms with Crippen molar-refractivity contribution in [3.8, 4) is 0 Å². The van der Waals surface area contributed by atoms with Gasteiger partial charge < -0.3 is 15.1 Å². The predicted molar refractivity (Wildman–Crippen MR) is 125 cm³/mol. The average molecular weight is 432 g/mol. The minimum absolute atomic E-state index is 0.159. The van der Waals surface area contributed by atoms with Crippen LogP contribution in [0.3, 0.4) is 0 Å². The van der Waals surface area contributed by atoms with Crippen molar-refractivity contribution >= 4 is 35.6 Å². The van der Waals surface area contributed by atoms with Crippen LogP contribution in [-0.2, 0) is 0 Å². The summed E-state index contributed by atoms with van der Waals surface area (Å²) in [4.78, 5) is 15.4. The zero-order valence-corrected chi connectivity index (χ0v) is 18.7. The van der Waals surface area contributed by atoms with Gasteiger partial charge in [0.15, 0.2) is 17.1 Å². The second kappa shape index (κ2) is 8.14. The standard InChI is InChI=1S/C22H25N9O/c1-13-10-15(3)30(27-13)17(5)24-22(31-16(4)11-14(2)28-31)25-19(23)12-20-26-21-18(32-20)8-7-9-29(21)6/h7-12H,5H2,1-4,6H3,(H2,23,24,25)/b20-12-. The number of amidine groups is 1. The molecule has 4 heterocycles. The molecule has 4 rings (SSSR count). The zero-order chi connectivity index (χ0) is 23.0. The Morgan fingerprint density at radius 3 is 2.31 bits per heavy atom. The highest BCUT2D eigenvalue weighted by Crippen LogP contribution is 2.12. The molecule has 3 aromatic heterocycles. The first-order valence-electron chi connectivity index (χ1n) is 10.0. The minimum atomic E-state index is 0.159. The van der Waals surface area contributed by atoms with Crippen molar-refractivity contribution in [3.63, 3.8) is 0 Å². The molecule has 32 heavy (non-hydrogen) atoms. The van der Waals surface area contributed by atoms with Crippen LogP contribution in [0.4, 0.5) is 5.82 Å². The molecule has 1 aliphatic rings. The molecule has 0 saturated heterocycles. The molecule has 0 atom stereocenters. The number of nitrogens with two attached hydrogens (primary N) is 1. The fourth-order valence-electron chi connectivity index (χ4n) is 3.37. The van der Waals surface area contributed by atoms with Crippen LogP contribution in [-0.4, -0.2) is 43.4 Å². The number of aliphatic imine (C=N–C) groups is 2. The maximum Gasteiger partial charge on any atom is 0.254 e. The number of fused-ring (bicyclic) bond motifs is 1. The summed E-state index contributed by atoms with van der Waals surface area (Å²) >= 11 is 0. The lowest BCUT2D eigenvalue weighted by atomic mass is 10.4. The maximum absolute atomic E-state index is 6.22. The smallest absolute Gasteiger partial charge is 0.254 e. The molecule has 0 unspecified atom stereocenters. The number of allylic oxidation sites excluding steroid dienone is 1. The lowest BCUT2D eigenvalue weighted by Gasteiger charge is -2.10. The summed E-state index contributed by atoms with van der Waals surface area (Å²) in [6, 6.07) is 3.88. The van der Waals surface area contributed by atoms with E-state index in [1.54, 1.807) is 15.4 Å². The van der Waals surface area contributed by atoms with Gasteiger partial charge >= 0.3 is 0 Å². The molecule has 3 aromatic rings. The highest BCUT2D eigenvalue weighted by Gasteiger charge is 2.12. The molecule has 164 valence electrons. The van der Waals surface area contributed by atoms with Crippen molar-refractivity contribution in [2.45, 2.75) is 27.7 Å². The third kappa shape index (κ3) is 4.15. The molecular weight excluding hydrogens is 406 g/mol. The normalized spacial score (nSPS) is 14.7. The first kappa shape index (κ1) is 21.0. The number of nitrogens with zero attached hydrogens (tertiary/aromatic N) is 8. The maximum atomic E-state index is 6.22. The van der Waals surface area contributed by atoms with Gasteiger partial charge in [-0.15, -0.1) is 0 Å². The quantitative estimate of drug-likeness (QED) is 0.492. The Morgan fingerprint density at radius 1 is 1.06 bits per heavy atom. The highest BCUT2D eigenvalue weighted by atomic mass is 16.3. The van der Waals surface area contributed by atoms with E-state index < -0.39 is 0 Å². The molecule has 0 radical (unpaired) electrons. The predicted octanol–water partition coefficient (Wildman–Crippen LogP) is 1.22.